The van der Waals surface area contributed by atoms with Crippen molar-refractivity contribution in [1.29, 1.82) is 0 Å². The zero-order valence-corrected chi connectivity index (χ0v) is 19.9. The van der Waals surface area contributed by atoms with Gasteiger partial charge in [0.05, 0.1) is 6.61 Å². The van der Waals surface area contributed by atoms with E-state index in [1.807, 2.05) is 43.3 Å². The minimum atomic E-state index is -1.02. The molecular formula is C27H32N2O6. The van der Waals surface area contributed by atoms with Gasteiger partial charge in [-0.05, 0) is 42.0 Å². The van der Waals surface area contributed by atoms with E-state index >= 15 is 0 Å². The van der Waals surface area contributed by atoms with Gasteiger partial charge in [-0.25, -0.2) is 4.79 Å². The lowest BCUT2D eigenvalue weighted by Gasteiger charge is -2.28. The molecule has 2 N–H and O–H groups in total. The number of ether oxygens (including phenoxy) is 2. The largest absolute Gasteiger partial charge is 0.481 e. The topological polar surface area (TPSA) is 105 Å². The first-order chi connectivity index (χ1) is 17.0. The van der Waals surface area contributed by atoms with Gasteiger partial charge in [0.25, 0.3) is 0 Å². The van der Waals surface area contributed by atoms with Gasteiger partial charge in [0.2, 0.25) is 5.91 Å². The van der Waals surface area contributed by atoms with Crippen LogP contribution in [0.25, 0.3) is 11.1 Å². The Bertz CT molecular complexity index is 1020. The summed E-state index contributed by atoms with van der Waals surface area (Å²) in [6, 6.07) is 15.1. The van der Waals surface area contributed by atoms with Crippen LogP contribution in [0.5, 0.6) is 0 Å². The Balaban J connectivity index is 1.41. The van der Waals surface area contributed by atoms with Gasteiger partial charge < -0.3 is 24.8 Å². The molecule has 1 heterocycles. The van der Waals surface area contributed by atoms with Crippen LogP contribution in [0.4, 0.5) is 4.79 Å². The van der Waals surface area contributed by atoms with E-state index in [4.69, 9.17) is 14.6 Å². The molecule has 0 saturated carbocycles. The van der Waals surface area contributed by atoms with E-state index in [1.165, 1.54) is 0 Å². The van der Waals surface area contributed by atoms with E-state index in [0.717, 1.165) is 28.7 Å². The van der Waals surface area contributed by atoms with Crippen molar-refractivity contribution >= 4 is 18.0 Å². The highest BCUT2D eigenvalue weighted by molar-refractivity contribution is 5.86. The quantitative estimate of drug-likeness (QED) is 0.538. The van der Waals surface area contributed by atoms with Gasteiger partial charge in [-0.3, -0.25) is 9.59 Å². The second kappa shape index (κ2) is 11.4. The summed E-state index contributed by atoms with van der Waals surface area (Å²) in [7, 11) is 0. The fraction of sp³-hybridized carbons (Fsp3) is 0.444. The number of aliphatic carboxylic acids is 1. The number of amides is 2. The second-order valence-corrected chi connectivity index (χ2v) is 9.06. The van der Waals surface area contributed by atoms with Crippen LogP contribution in [0.1, 0.15) is 43.2 Å². The molecule has 8 heteroatoms. The number of alkyl carbamates (subject to hydrolysis) is 1. The number of hydrogen-bond donors (Lipinski definition) is 2. The van der Waals surface area contributed by atoms with Crippen molar-refractivity contribution in [3.05, 3.63) is 59.7 Å². The van der Waals surface area contributed by atoms with Crippen LogP contribution >= 0.6 is 0 Å². The molecule has 0 aromatic heterocycles. The molecule has 35 heavy (non-hydrogen) atoms. The van der Waals surface area contributed by atoms with Crippen molar-refractivity contribution in [2.24, 2.45) is 5.92 Å². The number of nitrogens with one attached hydrogen (secondary N) is 1. The summed E-state index contributed by atoms with van der Waals surface area (Å²) in [6.45, 7) is 4.25. The summed E-state index contributed by atoms with van der Waals surface area (Å²) >= 11 is 0. The second-order valence-electron chi connectivity index (χ2n) is 9.06. The van der Waals surface area contributed by atoms with Crippen molar-refractivity contribution < 1.29 is 29.0 Å². The number of nitrogens with zero attached hydrogens (tertiary/aromatic N) is 1. The number of carboxylic acid groups (broad SMARTS) is 1. The Labute approximate surface area is 205 Å². The third-order valence-electron chi connectivity index (χ3n) is 6.78. The molecule has 2 amide bonds. The molecule has 4 rings (SSSR count). The zero-order valence-electron chi connectivity index (χ0n) is 19.9. The van der Waals surface area contributed by atoms with Crippen LogP contribution in [-0.2, 0) is 19.1 Å². The summed E-state index contributed by atoms with van der Waals surface area (Å²) in [5, 5.41) is 11.8. The number of hydrogen-bond acceptors (Lipinski definition) is 5. The Kier molecular flexibility index (Phi) is 8.02. The maximum Gasteiger partial charge on any atom is 0.407 e. The average Bonchev–Trinajstić information content (AvgIpc) is 3.49. The van der Waals surface area contributed by atoms with E-state index < -0.39 is 18.1 Å². The van der Waals surface area contributed by atoms with E-state index in [1.54, 1.807) is 4.90 Å². The van der Waals surface area contributed by atoms with Crippen LogP contribution < -0.4 is 5.32 Å². The number of fused-ring (bicyclic) bond motifs is 3. The van der Waals surface area contributed by atoms with E-state index in [-0.39, 0.29) is 37.2 Å². The summed E-state index contributed by atoms with van der Waals surface area (Å²) in [5.74, 6) is -1.18. The molecule has 1 aliphatic carbocycles. The SMILES string of the molecule is CCN(CC1CCOC1)C(=O)C(CCC(=O)O)NC(=O)OCC1c2ccccc2-c2ccccc21. The van der Waals surface area contributed by atoms with Crippen molar-refractivity contribution in [2.75, 3.05) is 32.9 Å². The summed E-state index contributed by atoms with van der Waals surface area (Å²) in [6.07, 6.45) is -0.0836. The lowest BCUT2D eigenvalue weighted by Crippen LogP contribution is -2.50. The summed E-state index contributed by atoms with van der Waals surface area (Å²) in [5.41, 5.74) is 4.44. The number of carbonyl (C=O) groups excluding carboxylic acids is 2. The predicted molar refractivity (Wildman–Crippen MR) is 130 cm³/mol. The smallest absolute Gasteiger partial charge is 0.407 e. The molecule has 0 radical (unpaired) electrons. The molecule has 2 aromatic rings. The Hall–Kier alpha value is -3.39. The van der Waals surface area contributed by atoms with Gasteiger partial charge in [-0.2, -0.15) is 0 Å². The molecule has 1 fully saturated rings. The minimum absolute atomic E-state index is 0.00394. The predicted octanol–water partition coefficient (Wildman–Crippen LogP) is 3.64. The van der Waals surface area contributed by atoms with Crippen LogP contribution in [0, 0.1) is 5.92 Å². The van der Waals surface area contributed by atoms with Gasteiger partial charge >= 0.3 is 12.1 Å². The molecule has 2 unspecified atom stereocenters. The molecule has 1 saturated heterocycles. The monoisotopic (exact) mass is 480 g/mol. The molecule has 0 bridgehead atoms. The number of carbonyl (C=O) groups is 3. The number of carboxylic acids is 1. The first kappa shape index (κ1) is 24.7. The molecule has 2 aliphatic rings. The number of rotatable bonds is 10. The average molecular weight is 481 g/mol. The molecule has 2 atom stereocenters. The fourth-order valence-corrected chi connectivity index (χ4v) is 4.94. The molecule has 186 valence electrons. The van der Waals surface area contributed by atoms with Crippen molar-refractivity contribution in [3.8, 4) is 11.1 Å². The first-order valence-corrected chi connectivity index (χ1v) is 12.2. The summed E-state index contributed by atoms with van der Waals surface area (Å²) in [4.78, 5) is 38.8. The highest BCUT2D eigenvalue weighted by atomic mass is 16.5. The Morgan fingerprint density at radius 1 is 1.11 bits per heavy atom. The first-order valence-electron chi connectivity index (χ1n) is 12.2. The normalized spacial score (nSPS) is 17.3. The summed E-state index contributed by atoms with van der Waals surface area (Å²) < 4.78 is 11.0. The van der Waals surface area contributed by atoms with E-state index in [0.29, 0.717) is 26.3 Å². The molecular weight excluding hydrogens is 448 g/mol. The zero-order chi connectivity index (χ0) is 24.8. The van der Waals surface area contributed by atoms with Gasteiger partial charge in [-0.15, -0.1) is 0 Å². The standard InChI is InChI=1S/C27H32N2O6/c1-2-29(15-18-13-14-34-16-18)26(32)24(11-12-25(30)31)28-27(33)35-17-23-21-9-5-3-7-19(21)20-8-4-6-10-22(20)23/h3-10,18,23-24H,2,11-17H2,1H3,(H,28,33)(H,30,31). The van der Waals surface area contributed by atoms with Crippen molar-refractivity contribution in [1.82, 2.24) is 10.2 Å². The molecule has 0 spiro atoms. The maximum absolute atomic E-state index is 13.2. The molecule has 1 aliphatic heterocycles. The Morgan fingerprint density at radius 3 is 2.34 bits per heavy atom. The number of likely N-dealkylation sites (N-methyl/N-ethyl adjacent to an activating group) is 1. The highest BCUT2D eigenvalue weighted by Crippen LogP contribution is 2.44. The highest BCUT2D eigenvalue weighted by Gasteiger charge is 2.31. The van der Waals surface area contributed by atoms with Crippen LogP contribution in [0.15, 0.2) is 48.5 Å². The van der Waals surface area contributed by atoms with Crippen LogP contribution in [0.2, 0.25) is 0 Å². The van der Waals surface area contributed by atoms with Gasteiger partial charge in [0.15, 0.2) is 0 Å². The third kappa shape index (κ3) is 5.82. The van der Waals surface area contributed by atoms with Gasteiger partial charge in [0, 0.05) is 38.0 Å². The maximum atomic E-state index is 13.2. The van der Waals surface area contributed by atoms with Crippen molar-refractivity contribution in [3.63, 3.8) is 0 Å². The van der Waals surface area contributed by atoms with E-state index in [2.05, 4.69) is 17.4 Å². The fourth-order valence-electron chi connectivity index (χ4n) is 4.94. The van der Waals surface area contributed by atoms with Crippen LogP contribution in [-0.4, -0.2) is 66.9 Å². The molecule has 2 aromatic carbocycles. The Morgan fingerprint density at radius 2 is 1.77 bits per heavy atom. The van der Waals surface area contributed by atoms with Crippen molar-refractivity contribution in [2.45, 2.75) is 38.1 Å². The lowest BCUT2D eigenvalue weighted by atomic mass is 9.98. The van der Waals surface area contributed by atoms with Gasteiger partial charge in [-0.1, -0.05) is 48.5 Å². The van der Waals surface area contributed by atoms with Gasteiger partial charge in [0.1, 0.15) is 12.6 Å². The van der Waals surface area contributed by atoms with Crippen LogP contribution in [0.3, 0.4) is 0 Å². The number of benzene rings is 2. The third-order valence-corrected chi connectivity index (χ3v) is 6.78. The molecule has 8 nitrogen and oxygen atoms in total. The van der Waals surface area contributed by atoms with E-state index in [9.17, 15) is 14.4 Å². The lowest BCUT2D eigenvalue weighted by molar-refractivity contribution is -0.138. The minimum Gasteiger partial charge on any atom is -0.481 e.